The summed E-state index contributed by atoms with van der Waals surface area (Å²) in [5, 5.41) is 7.29. The number of aromatic nitrogens is 2. The van der Waals surface area contributed by atoms with Gasteiger partial charge in [0, 0.05) is 21.0 Å². The van der Waals surface area contributed by atoms with Gasteiger partial charge in [-0.2, -0.15) is 9.78 Å². The first-order valence-electron chi connectivity index (χ1n) is 7.67. The van der Waals surface area contributed by atoms with Crippen LogP contribution in [0.5, 0.6) is 0 Å². The third-order valence-corrected chi connectivity index (χ3v) is 4.50. The second-order valence-electron chi connectivity index (χ2n) is 5.59. The second-order valence-corrected chi connectivity index (χ2v) is 6.47. The molecule has 0 aliphatic heterocycles. The van der Waals surface area contributed by atoms with Gasteiger partial charge in [-0.3, -0.25) is 4.79 Å². The van der Waals surface area contributed by atoms with Crippen molar-refractivity contribution in [3.63, 3.8) is 0 Å². The molecule has 0 radical (unpaired) electrons. The molecule has 0 saturated heterocycles. The van der Waals surface area contributed by atoms with Gasteiger partial charge in [0.2, 0.25) is 0 Å². The van der Waals surface area contributed by atoms with Gasteiger partial charge in [0.15, 0.2) is 0 Å². The molecule has 4 aromatic rings. The van der Waals surface area contributed by atoms with E-state index in [4.69, 9.17) is 23.2 Å². The molecule has 0 spiro atoms. The van der Waals surface area contributed by atoms with Crippen LogP contribution in [0.1, 0.15) is 0 Å². The molecule has 3 aromatic carbocycles. The topological polar surface area (TPSA) is 34.9 Å². The van der Waals surface area contributed by atoms with E-state index < -0.39 is 0 Å². The number of rotatable bonds is 2. The van der Waals surface area contributed by atoms with Crippen molar-refractivity contribution in [2.45, 2.75) is 0 Å². The van der Waals surface area contributed by atoms with E-state index in [1.807, 2.05) is 48.5 Å². The molecule has 0 aliphatic rings. The van der Waals surface area contributed by atoms with Crippen LogP contribution in [-0.2, 0) is 0 Å². The lowest BCUT2D eigenvalue weighted by molar-refractivity contribution is 0.826. The van der Waals surface area contributed by atoms with Gasteiger partial charge in [0.1, 0.15) is 0 Å². The van der Waals surface area contributed by atoms with E-state index in [9.17, 15) is 4.79 Å². The van der Waals surface area contributed by atoms with Crippen LogP contribution in [0.4, 0.5) is 0 Å². The van der Waals surface area contributed by atoms with Crippen LogP contribution in [0, 0.1) is 0 Å². The average molecular weight is 367 g/mol. The molecule has 0 atom stereocenters. The first-order valence-corrected chi connectivity index (χ1v) is 8.43. The predicted octanol–water partition coefficient (Wildman–Crippen LogP) is 5.36. The van der Waals surface area contributed by atoms with Crippen molar-refractivity contribution in [1.82, 2.24) is 9.78 Å². The Morgan fingerprint density at radius 3 is 1.92 bits per heavy atom. The van der Waals surface area contributed by atoms with E-state index in [0.29, 0.717) is 21.1 Å². The largest absolute Gasteiger partial charge is 0.279 e. The number of halogens is 2. The molecule has 4 rings (SSSR count). The summed E-state index contributed by atoms with van der Waals surface area (Å²) in [5.41, 5.74) is 2.11. The van der Waals surface area contributed by atoms with Gasteiger partial charge in [-0.1, -0.05) is 53.5 Å². The van der Waals surface area contributed by atoms with Crippen molar-refractivity contribution in [1.29, 1.82) is 0 Å². The summed E-state index contributed by atoms with van der Waals surface area (Å²) < 4.78 is 1.41. The number of fused-ring (bicyclic) bond motifs is 1. The van der Waals surface area contributed by atoms with Gasteiger partial charge in [-0.05, 0) is 42.5 Å². The highest BCUT2D eigenvalue weighted by molar-refractivity contribution is 6.30. The minimum Gasteiger partial charge on any atom is -0.267 e. The zero-order valence-electron chi connectivity index (χ0n) is 13.0. The molecule has 122 valence electrons. The van der Waals surface area contributed by atoms with Gasteiger partial charge in [0.05, 0.1) is 16.8 Å². The van der Waals surface area contributed by atoms with Crippen molar-refractivity contribution in [2.75, 3.05) is 0 Å². The van der Waals surface area contributed by atoms with Gasteiger partial charge in [-0.25, -0.2) is 0 Å². The molecule has 25 heavy (non-hydrogen) atoms. The number of hydrogen-bond acceptors (Lipinski definition) is 2. The summed E-state index contributed by atoms with van der Waals surface area (Å²) in [7, 11) is 0. The maximum atomic E-state index is 12.9. The van der Waals surface area contributed by atoms with Crippen molar-refractivity contribution < 1.29 is 0 Å². The van der Waals surface area contributed by atoms with Crippen molar-refractivity contribution >= 4 is 34.0 Å². The van der Waals surface area contributed by atoms with Crippen molar-refractivity contribution in [2.24, 2.45) is 0 Å². The van der Waals surface area contributed by atoms with E-state index >= 15 is 0 Å². The monoisotopic (exact) mass is 366 g/mol. The van der Waals surface area contributed by atoms with E-state index in [0.717, 1.165) is 16.6 Å². The van der Waals surface area contributed by atoms with Crippen LogP contribution in [0.15, 0.2) is 77.6 Å². The van der Waals surface area contributed by atoms with Gasteiger partial charge in [-0.15, -0.1) is 0 Å². The highest BCUT2D eigenvalue weighted by atomic mass is 35.5. The highest BCUT2D eigenvalue weighted by Crippen LogP contribution is 2.26. The lowest BCUT2D eigenvalue weighted by Crippen LogP contribution is -2.22. The van der Waals surface area contributed by atoms with Crippen LogP contribution in [0.3, 0.4) is 0 Å². The molecule has 0 amide bonds. The van der Waals surface area contributed by atoms with Crippen molar-refractivity contribution in [3.05, 3.63) is 93.2 Å². The summed E-state index contributed by atoms with van der Waals surface area (Å²) in [6, 6.07) is 21.9. The molecule has 0 fully saturated rings. The maximum Gasteiger partial charge on any atom is 0.279 e. The first kappa shape index (κ1) is 15.9. The van der Waals surface area contributed by atoms with E-state index in [1.165, 1.54) is 4.68 Å². The quantitative estimate of drug-likeness (QED) is 0.478. The lowest BCUT2D eigenvalue weighted by Gasteiger charge is -2.11. The lowest BCUT2D eigenvalue weighted by atomic mass is 10.1. The Bertz CT molecular complexity index is 1120. The fourth-order valence-corrected chi connectivity index (χ4v) is 3.02. The number of nitrogens with zero attached hydrogens (tertiary/aromatic N) is 2. The summed E-state index contributed by atoms with van der Waals surface area (Å²) >= 11 is 12.0. The Kier molecular flexibility index (Phi) is 4.04. The molecule has 0 bridgehead atoms. The summed E-state index contributed by atoms with van der Waals surface area (Å²) in [6.07, 6.45) is 0. The first-order chi connectivity index (χ1) is 12.1. The van der Waals surface area contributed by atoms with Gasteiger partial charge < -0.3 is 0 Å². The Hall–Kier alpha value is -2.62. The molecule has 5 heteroatoms. The molecule has 0 saturated carbocycles. The maximum absolute atomic E-state index is 12.9. The van der Waals surface area contributed by atoms with Crippen LogP contribution in [-0.4, -0.2) is 9.78 Å². The average Bonchev–Trinajstić information content (AvgIpc) is 2.64. The smallest absolute Gasteiger partial charge is 0.267 e. The molecular formula is C20H12Cl2N2O. The minimum absolute atomic E-state index is 0.171. The molecular weight excluding hydrogens is 355 g/mol. The molecule has 0 N–H and O–H groups in total. The second kappa shape index (κ2) is 6.36. The fraction of sp³-hybridized carbons (Fsp3) is 0. The van der Waals surface area contributed by atoms with E-state index in [-0.39, 0.29) is 5.56 Å². The van der Waals surface area contributed by atoms with E-state index in [1.54, 1.807) is 24.3 Å². The SMILES string of the molecule is O=c1c2ccccc2c(-c2ccc(Cl)cc2)nn1-c1ccc(Cl)cc1. The zero-order valence-corrected chi connectivity index (χ0v) is 14.5. The molecule has 0 unspecified atom stereocenters. The normalized spacial score (nSPS) is 11.0. The standard InChI is InChI=1S/C20H12Cl2N2O/c21-14-7-5-13(6-8-14)19-17-3-1-2-4-18(17)20(25)24(23-19)16-11-9-15(22)10-12-16/h1-12H. The molecule has 0 aliphatic carbocycles. The Morgan fingerprint density at radius 1 is 0.720 bits per heavy atom. The predicted molar refractivity (Wildman–Crippen MR) is 103 cm³/mol. The molecule has 1 heterocycles. The fourth-order valence-electron chi connectivity index (χ4n) is 2.77. The number of benzene rings is 3. The summed E-state index contributed by atoms with van der Waals surface area (Å²) in [6.45, 7) is 0. The van der Waals surface area contributed by atoms with Crippen LogP contribution < -0.4 is 5.56 Å². The Balaban J connectivity index is 2.05. The molecule has 1 aromatic heterocycles. The van der Waals surface area contributed by atoms with Crippen LogP contribution in [0.2, 0.25) is 10.0 Å². The highest BCUT2D eigenvalue weighted by Gasteiger charge is 2.13. The summed E-state index contributed by atoms with van der Waals surface area (Å²) in [5.74, 6) is 0. The summed E-state index contributed by atoms with van der Waals surface area (Å²) in [4.78, 5) is 12.9. The third-order valence-electron chi connectivity index (χ3n) is 3.99. The minimum atomic E-state index is -0.171. The number of hydrogen-bond donors (Lipinski definition) is 0. The third kappa shape index (κ3) is 2.93. The zero-order chi connectivity index (χ0) is 17.4. The van der Waals surface area contributed by atoms with E-state index in [2.05, 4.69) is 5.10 Å². The van der Waals surface area contributed by atoms with Crippen LogP contribution >= 0.6 is 23.2 Å². The van der Waals surface area contributed by atoms with Crippen molar-refractivity contribution in [3.8, 4) is 16.9 Å². The Labute approximate surface area is 154 Å². The van der Waals surface area contributed by atoms with Crippen LogP contribution in [0.25, 0.3) is 27.7 Å². The Morgan fingerprint density at radius 2 is 1.28 bits per heavy atom. The van der Waals surface area contributed by atoms with Gasteiger partial charge >= 0.3 is 0 Å². The molecule has 3 nitrogen and oxygen atoms in total. The van der Waals surface area contributed by atoms with Gasteiger partial charge in [0.25, 0.3) is 5.56 Å².